The van der Waals surface area contributed by atoms with Crippen LogP contribution in [0.1, 0.15) is 33.1 Å². The van der Waals surface area contributed by atoms with E-state index in [4.69, 9.17) is 0 Å². The molecular formula is C14H24N4S. The topological polar surface area (TPSA) is 41.0 Å². The highest BCUT2D eigenvalue weighted by Gasteiger charge is 2.23. The Morgan fingerprint density at radius 3 is 3.00 bits per heavy atom. The monoisotopic (exact) mass is 280 g/mol. The SMILES string of the molecule is CSc1cc(N2CCCCC2CNC(C)C)ncn1. The third-order valence-electron chi connectivity index (χ3n) is 3.52. The van der Waals surface area contributed by atoms with Crippen molar-refractivity contribution >= 4 is 17.6 Å². The summed E-state index contributed by atoms with van der Waals surface area (Å²) in [5.41, 5.74) is 0. The van der Waals surface area contributed by atoms with Gasteiger partial charge in [-0.2, -0.15) is 0 Å². The van der Waals surface area contributed by atoms with Gasteiger partial charge in [-0.05, 0) is 25.5 Å². The lowest BCUT2D eigenvalue weighted by Crippen LogP contribution is -2.47. The summed E-state index contributed by atoms with van der Waals surface area (Å²) in [5.74, 6) is 1.08. The van der Waals surface area contributed by atoms with E-state index in [0.29, 0.717) is 12.1 Å². The fourth-order valence-corrected chi connectivity index (χ4v) is 2.86. The van der Waals surface area contributed by atoms with Crippen LogP contribution in [0, 0.1) is 0 Å². The zero-order chi connectivity index (χ0) is 13.7. The summed E-state index contributed by atoms with van der Waals surface area (Å²) in [6.45, 7) is 6.54. The molecule has 0 aromatic carbocycles. The van der Waals surface area contributed by atoms with Crippen molar-refractivity contribution in [2.75, 3.05) is 24.2 Å². The number of anilines is 1. The number of hydrogen-bond donors (Lipinski definition) is 1. The van der Waals surface area contributed by atoms with Crippen molar-refractivity contribution in [2.45, 2.75) is 50.2 Å². The first-order valence-electron chi connectivity index (χ1n) is 7.06. The highest BCUT2D eigenvalue weighted by molar-refractivity contribution is 7.98. The Labute approximate surface area is 120 Å². The molecule has 0 saturated carbocycles. The fourth-order valence-electron chi connectivity index (χ4n) is 2.48. The van der Waals surface area contributed by atoms with Crippen LogP contribution < -0.4 is 10.2 Å². The third kappa shape index (κ3) is 4.08. The molecule has 2 heterocycles. The summed E-state index contributed by atoms with van der Waals surface area (Å²) >= 11 is 1.67. The van der Waals surface area contributed by atoms with E-state index in [1.54, 1.807) is 18.1 Å². The molecule has 1 N–H and O–H groups in total. The van der Waals surface area contributed by atoms with Crippen LogP contribution >= 0.6 is 11.8 Å². The smallest absolute Gasteiger partial charge is 0.133 e. The Morgan fingerprint density at radius 2 is 2.26 bits per heavy atom. The molecule has 106 valence electrons. The number of nitrogens with zero attached hydrogens (tertiary/aromatic N) is 3. The molecule has 4 nitrogen and oxygen atoms in total. The summed E-state index contributed by atoms with van der Waals surface area (Å²) in [6.07, 6.45) is 7.57. The molecule has 1 aromatic rings. The highest BCUT2D eigenvalue weighted by Crippen LogP contribution is 2.24. The average Bonchev–Trinajstić information content (AvgIpc) is 2.45. The average molecular weight is 280 g/mol. The Bertz CT molecular complexity index is 397. The van der Waals surface area contributed by atoms with Crippen LogP contribution in [0.2, 0.25) is 0 Å². The molecule has 0 aliphatic carbocycles. The normalized spacial score (nSPS) is 20.0. The van der Waals surface area contributed by atoms with Gasteiger partial charge in [0, 0.05) is 31.2 Å². The molecule has 1 aromatic heterocycles. The van der Waals surface area contributed by atoms with Gasteiger partial charge in [0.2, 0.25) is 0 Å². The molecule has 1 aliphatic heterocycles. The summed E-state index contributed by atoms with van der Waals surface area (Å²) in [7, 11) is 0. The van der Waals surface area contributed by atoms with Crippen LogP contribution in [0.25, 0.3) is 0 Å². The van der Waals surface area contributed by atoms with Crippen molar-refractivity contribution in [3.05, 3.63) is 12.4 Å². The van der Waals surface area contributed by atoms with E-state index in [1.807, 2.05) is 0 Å². The first kappa shape index (κ1) is 14.6. The lowest BCUT2D eigenvalue weighted by Gasteiger charge is -2.37. The summed E-state index contributed by atoms with van der Waals surface area (Å²) in [5, 5.41) is 4.60. The quantitative estimate of drug-likeness (QED) is 0.663. The predicted molar refractivity (Wildman–Crippen MR) is 81.9 cm³/mol. The van der Waals surface area contributed by atoms with Crippen molar-refractivity contribution in [3.63, 3.8) is 0 Å². The summed E-state index contributed by atoms with van der Waals surface area (Å²) in [4.78, 5) is 11.2. The van der Waals surface area contributed by atoms with Crippen molar-refractivity contribution in [2.24, 2.45) is 0 Å². The van der Waals surface area contributed by atoms with E-state index in [1.165, 1.54) is 19.3 Å². The van der Waals surface area contributed by atoms with Crippen LogP contribution in [0.4, 0.5) is 5.82 Å². The number of thioether (sulfide) groups is 1. The maximum absolute atomic E-state index is 4.46. The molecule has 1 unspecified atom stereocenters. The molecular weight excluding hydrogens is 256 g/mol. The minimum Gasteiger partial charge on any atom is -0.352 e. The first-order chi connectivity index (χ1) is 9.20. The minimum atomic E-state index is 0.538. The summed E-state index contributed by atoms with van der Waals surface area (Å²) in [6, 6.07) is 3.20. The Kier molecular flexibility index (Phi) is 5.45. The van der Waals surface area contributed by atoms with E-state index < -0.39 is 0 Å². The number of nitrogens with one attached hydrogen (secondary N) is 1. The van der Waals surface area contributed by atoms with E-state index in [-0.39, 0.29) is 0 Å². The maximum atomic E-state index is 4.46. The van der Waals surface area contributed by atoms with E-state index >= 15 is 0 Å². The highest BCUT2D eigenvalue weighted by atomic mass is 32.2. The molecule has 1 aliphatic rings. The second-order valence-electron chi connectivity index (χ2n) is 5.32. The molecule has 1 fully saturated rings. The van der Waals surface area contributed by atoms with Crippen LogP contribution in [-0.4, -0.2) is 41.4 Å². The van der Waals surface area contributed by atoms with Gasteiger partial charge < -0.3 is 10.2 Å². The second kappa shape index (κ2) is 7.10. The third-order valence-corrected chi connectivity index (χ3v) is 4.16. The molecule has 5 heteroatoms. The van der Waals surface area contributed by atoms with Gasteiger partial charge >= 0.3 is 0 Å². The van der Waals surface area contributed by atoms with Crippen molar-refractivity contribution in [1.82, 2.24) is 15.3 Å². The Morgan fingerprint density at radius 1 is 1.42 bits per heavy atom. The standard InChI is InChI=1S/C14H24N4S/c1-11(2)15-9-12-6-4-5-7-18(12)13-8-14(19-3)17-10-16-13/h8,10-12,15H,4-7,9H2,1-3H3. The zero-order valence-electron chi connectivity index (χ0n) is 12.1. The zero-order valence-corrected chi connectivity index (χ0v) is 12.9. The van der Waals surface area contributed by atoms with Gasteiger partial charge in [0.15, 0.2) is 0 Å². The van der Waals surface area contributed by atoms with E-state index in [0.717, 1.165) is 23.9 Å². The number of rotatable bonds is 5. The van der Waals surface area contributed by atoms with Gasteiger partial charge in [-0.3, -0.25) is 0 Å². The molecule has 19 heavy (non-hydrogen) atoms. The van der Waals surface area contributed by atoms with Gasteiger partial charge in [-0.15, -0.1) is 11.8 Å². The van der Waals surface area contributed by atoms with Crippen molar-refractivity contribution in [1.29, 1.82) is 0 Å². The summed E-state index contributed by atoms with van der Waals surface area (Å²) < 4.78 is 0. The predicted octanol–water partition coefficient (Wildman–Crippen LogP) is 2.56. The minimum absolute atomic E-state index is 0.538. The largest absolute Gasteiger partial charge is 0.352 e. The van der Waals surface area contributed by atoms with Gasteiger partial charge in [0.05, 0.1) is 0 Å². The number of hydrogen-bond acceptors (Lipinski definition) is 5. The number of aromatic nitrogens is 2. The molecule has 0 amide bonds. The molecule has 1 atom stereocenters. The lowest BCUT2D eigenvalue weighted by atomic mass is 10.0. The van der Waals surface area contributed by atoms with Crippen LogP contribution in [0.15, 0.2) is 17.4 Å². The van der Waals surface area contributed by atoms with Crippen molar-refractivity contribution in [3.8, 4) is 0 Å². The Balaban J connectivity index is 2.09. The maximum Gasteiger partial charge on any atom is 0.133 e. The van der Waals surface area contributed by atoms with Gasteiger partial charge in [0.25, 0.3) is 0 Å². The van der Waals surface area contributed by atoms with Gasteiger partial charge in [0.1, 0.15) is 17.2 Å². The van der Waals surface area contributed by atoms with Crippen LogP contribution in [0.5, 0.6) is 0 Å². The van der Waals surface area contributed by atoms with Gasteiger partial charge in [-0.25, -0.2) is 9.97 Å². The molecule has 0 spiro atoms. The molecule has 0 bridgehead atoms. The number of piperidine rings is 1. The van der Waals surface area contributed by atoms with Gasteiger partial charge in [-0.1, -0.05) is 13.8 Å². The molecule has 0 radical (unpaired) electrons. The van der Waals surface area contributed by atoms with Crippen LogP contribution in [0.3, 0.4) is 0 Å². The Hall–Kier alpha value is -0.810. The van der Waals surface area contributed by atoms with E-state index in [9.17, 15) is 0 Å². The van der Waals surface area contributed by atoms with Crippen LogP contribution in [-0.2, 0) is 0 Å². The lowest BCUT2D eigenvalue weighted by molar-refractivity contribution is 0.418. The van der Waals surface area contributed by atoms with E-state index in [2.05, 4.69) is 46.4 Å². The molecule has 2 rings (SSSR count). The van der Waals surface area contributed by atoms with Crippen molar-refractivity contribution < 1.29 is 0 Å². The first-order valence-corrected chi connectivity index (χ1v) is 8.29. The second-order valence-corrected chi connectivity index (χ2v) is 6.15. The molecule has 1 saturated heterocycles. The fraction of sp³-hybridized carbons (Fsp3) is 0.714.